The molecule has 0 bridgehead atoms. The molecule has 4 heteroatoms. The molecule has 1 aromatic heterocycles. The highest BCUT2D eigenvalue weighted by atomic mass is 15.2. The van der Waals surface area contributed by atoms with Crippen LogP contribution < -0.4 is 5.32 Å². The zero-order valence-corrected chi connectivity index (χ0v) is 15.2. The van der Waals surface area contributed by atoms with Crippen molar-refractivity contribution in [2.45, 2.75) is 46.2 Å². The molecule has 0 saturated carbocycles. The van der Waals surface area contributed by atoms with E-state index in [1.807, 2.05) is 13.4 Å². The second-order valence-electron chi connectivity index (χ2n) is 7.09. The van der Waals surface area contributed by atoms with E-state index in [1.54, 1.807) is 0 Å². The first-order chi connectivity index (χ1) is 11.4. The first kappa shape index (κ1) is 16.5. The number of aliphatic imine (C=N–C) groups is 1. The molecule has 0 spiro atoms. The Morgan fingerprint density at radius 2 is 1.79 bits per heavy atom. The minimum Gasteiger partial charge on any atom is -0.368 e. The average molecular weight is 322 g/mol. The van der Waals surface area contributed by atoms with Gasteiger partial charge >= 0.3 is 0 Å². The number of nitrogens with one attached hydrogen (secondary N) is 1. The highest BCUT2D eigenvalue weighted by Gasteiger charge is 2.18. The van der Waals surface area contributed by atoms with E-state index in [4.69, 9.17) is 4.98 Å². The van der Waals surface area contributed by atoms with Crippen molar-refractivity contribution in [2.75, 3.05) is 12.4 Å². The predicted molar refractivity (Wildman–Crippen MR) is 102 cm³/mol. The fourth-order valence-corrected chi connectivity index (χ4v) is 2.86. The molecule has 3 rings (SSSR count). The zero-order valence-electron chi connectivity index (χ0n) is 15.2. The van der Waals surface area contributed by atoms with Crippen LogP contribution >= 0.6 is 0 Å². The van der Waals surface area contributed by atoms with Crippen molar-refractivity contribution in [2.24, 2.45) is 4.99 Å². The Labute approximate surface area is 144 Å². The van der Waals surface area contributed by atoms with Gasteiger partial charge < -0.3 is 10.2 Å². The number of anilines is 1. The van der Waals surface area contributed by atoms with E-state index in [1.165, 1.54) is 5.56 Å². The van der Waals surface area contributed by atoms with Crippen molar-refractivity contribution < 1.29 is 0 Å². The highest BCUT2D eigenvalue weighted by molar-refractivity contribution is 5.76. The van der Waals surface area contributed by atoms with Crippen molar-refractivity contribution >= 4 is 17.8 Å². The molecule has 0 atom stereocenters. The third-order valence-electron chi connectivity index (χ3n) is 4.20. The monoisotopic (exact) mass is 322 g/mol. The van der Waals surface area contributed by atoms with Gasteiger partial charge in [0.25, 0.3) is 0 Å². The Morgan fingerprint density at radius 3 is 2.42 bits per heavy atom. The van der Waals surface area contributed by atoms with Crippen LogP contribution in [0.25, 0.3) is 11.3 Å². The molecule has 0 unspecified atom stereocenters. The summed E-state index contributed by atoms with van der Waals surface area (Å²) in [7, 11) is 2.03. The molecule has 1 aliphatic rings. The molecule has 0 aliphatic carbocycles. The van der Waals surface area contributed by atoms with Gasteiger partial charge in [-0.05, 0) is 31.4 Å². The molecule has 0 saturated heterocycles. The second kappa shape index (κ2) is 6.63. The van der Waals surface area contributed by atoms with Crippen LogP contribution in [0.15, 0.2) is 35.3 Å². The largest absolute Gasteiger partial charge is 0.368 e. The minimum atomic E-state index is 0.330. The molecule has 2 heterocycles. The predicted octanol–water partition coefficient (Wildman–Crippen LogP) is 4.80. The van der Waals surface area contributed by atoms with Crippen molar-refractivity contribution in [3.63, 3.8) is 0 Å². The third-order valence-corrected chi connectivity index (χ3v) is 4.20. The topological polar surface area (TPSA) is 40.5 Å². The molecule has 0 amide bonds. The van der Waals surface area contributed by atoms with Crippen LogP contribution in [0.3, 0.4) is 0 Å². The van der Waals surface area contributed by atoms with E-state index in [0.29, 0.717) is 12.0 Å². The van der Waals surface area contributed by atoms with Crippen molar-refractivity contribution in [3.05, 3.63) is 41.5 Å². The average Bonchev–Trinajstić information content (AvgIpc) is 2.54. The van der Waals surface area contributed by atoms with Gasteiger partial charge in [0, 0.05) is 30.8 Å². The van der Waals surface area contributed by atoms with Crippen molar-refractivity contribution in [1.29, 1.82) is 0 Å². The molecular formula is C20H26N4. The summed E-state index contributed by atoms with van der Waals surface area (Å²) in [5.74, 6) is 1.47. The normalized spacial score (nSPS) is 13.5. The van der Waals surface area contributed by atoms with Gasteiger partial charge in [-0.15, -0.1) is 0 Å². The summed E-state index contributed by atoms with van der Waals surface area (Å²) in [5, 5.41) is 3.48. The quantitative estimate of drug-likeness (QED) is 0.879. The summed E-state index contributed by atoms with van der Waals surface area (Å²) in [6.45, 7) is 9.51. The first-order valence-electron chi connectivity index (χ1n) is 8.59. The Balaban J connectivity index is 2.04. The lowest BCUT2D eigenvalue weighted by molar-refractivity contribution is 0.508. The van der Waals surface area contributed by atoms with E-state index in [-0.39, 0.29) is 0 Å². The lowest BCUT2D eigenvalue weighted by Crippen LogP contribution is -2.22. The van der Waals surface area contributed by atoms with Gasteiger partial charge in [-0.2, -0.15) is 0 Å². The first-order valence-corrected chi connectivity index (χ1v) is 8.59. The van der Waals surface area contributed by atoms with Gasteiger partial charge in [-0.1, -0.05) is 38.1 Å². The number of benzene rings is 1. The maximum absolute atomic E-state index is 4.89. The standard InChI is InChI=1S/C20H26N4/c1-13(2)15-6-8-16(9-7-15)18-10-19-17(11-24(5)12-21-19)20(23-18)22-14(3)4/h6-10,12-14H,11H2,1-5H3,(H,22,23). The lowest BCUT2D eigenvalue weighted by atomic mass is 10.00. The molecule has 24 heavy (non-hydrogen) atoms. The molecule has 0 fully saturated rings. The molecule has 1 aliphatic heterocycles. The molecule has 2 aromatic rings. The fraction of sp³-hybridized carbons (Fsp3) is 0.400. The Hall–Kier alpha value is -2.36. The Kier molecular flexibility index (Phi) is 4.56. The summed E-state index contributed by atoms with van der Waals surface area (Å²) in [4.78, 5) is 11.6. The van der Waals surface area contributed by atoms with Crippen molar-refractivity contribution in [3.8, 4) is 11.3 Å². The Bertz CT molecular complexity index is 745. The van der Waals surface area contributed by atoms with Crippen LogP contribution in [0.5, 0.6) is 0 Å². The van der Waals surface area contributed by atoms with Gasteiger partial charge in [-0.25, -0.2) is 9.98 Å². The zero-order chi connectivity index (χ0) is 17.3. The van der Waals surface area contributed by atoms with Gasteiger partial charge in [0.2, 0.25) is 0 Å². The number of pyridine rings is 1. The van der Waals surface area contributed by atoms with E-state index in [2.05, 4.69) is 73.2 Å². The van der Waals surface area contributed by atoms with E-state index in [9.17, 15) is 0 Å². The van der Waals surface area contributed by atoms with Gasteiger partial charge in [0.1, 0.15) is 5.82 Å². The second-order valence-corrected chi connectivity index (χ2v) is 7.09. The Morgan fingerprint density at radius 1 is 1.08 bits per heavy atom. The van der Waals surface area contributed by atoms with E-state index in [0.717, 1.165) is 34.9 Å². The highest BCUT2D eigenvalue weighted by Crippen LogP contribution is 2.34. The number of hydrogen-bond acceptors (Lipinski definition) is 4. The summed E-state index contributed by atoms with van der Waals surface area (Å²) >= 11 is 0. The fourth-order valence-electron chi connectivity index (χ4n) is 2.86. The van der Waals surface area contributed by atoms with Crippen LogP contribution in [0.2, 0.25) is 0 Å². The molecule has 4 nitrogen and oxygen atoms in total. The van der Waals surface area contributed by atoms with Crippen LogP contribution in [-0.4, -0.2) is 29.3 Å². The summed E-state index contributed by atoms with van der Waals surface area (Å²) < 4.78 is 0. The number of fused-ring (bicyclic) bond motifs is 1. The smallest absolute Gasteiger partial charge is 0.134 e. The van der Waals surface area contributed by atoms with Gasteiger partial charge in [0.15, 0.2) is 0 Å². The summed E-state index contributed by atoms with van der Waals surface area (Å²) in [6, 6.07) is 11.1. The molecular weight excluding hydrogens is 296 g/mol. The van der Waals surface area contributed by atoms with Crippen LogP contribution in [0.1, 0.15) is 44.7 Å². The molecule has 1 N–H and O–H groups in total. The van der Waals surface area contributed by atoms with Gasteiger partial charge in [0.05, 0.1) is 17.7 Å². The molecule has 0 radical (unpaired) electrons. The molecule has 126 valence electrons. The number of hydrogen-bond donors (Lipinski definition) is 1. The summed E-state index contributed by atoms with van der Waals surface area (Å²) in [6.07, 6.45) is 1.88. The number of rotatable bonds is 4. The van der Waals surface area contributed by atoms with Crippen LogP contribution in [-0.2, 0) is 6.54 Å². The van der Waals surface area contributed by atoms with E-state index < -0.39 is 0 Å². The van der Waals surface area contributed by atoms with Gasteiger partial charge in [-0.3, -0.25) is 0 Å². The van der Waals surface area contributed by atoms with Crippen molar-refractivity contribution in [1.82, 2.24) is 9.88 Å². The van der Waals surface area contributed by atoms with Crippen LogP contribution in [0.4, 0.5) is 11.5 Å². The summed E-state index contributed by atoms with van der Waals surface area (Å²) in [5.41, 5.74) is 5.61. The maximum Gasteiger partial charge on any atom is 0.134 e. The number of aromatic nitrogens is 1. The van der Waals surface area contributed by atoms with Crippen LogP contribution in [0, 0.1) is 0 Å². The number of nitrogens with zero attached hydrogens (tertiary/aromatic N) is 3. The molecule has 1 aromatic carbocycles. The van der Waals surface area contributed by atoms with E-state index >= 15 is 0 Å². The SMILES string of the molecule is CC(C)Nc1nc(-c2ccc(C(C)C)cc2)cc2c1CN(C)C=N2. The maximum atomic E-state index is 4.89. The lowest BCUT2D eigenvalue weighted by Gasteiger charge is -2.24. The minimum absolute atomic E-state index is 0.330. The third kappa shape index (κ3) is 3.42.